The van der Waals surface area contributed by atoms with Gasteiger partial charge >= 0.3 is 0 Å². The highest BCUT2D eigenvalue weighted by Crippen LogP contribution is 2.40. The SMILES string of the molecule is C=CC(=O)N1CCN(c2ncnc3c(F)c(-c4c(C)c(C)cc5cn[nH]c45)c(C)cc23)CC1. The predicted molar refractivity (Wildman–Crippen MR) is 128 cm³/mol. The maximum absolute atomic E-state index is 16.1. The Morgan fingerprint density at radius 1 is 1.09 bits per heavy atom. The van der Waals surface area contributed by atoms with Crippen molar-refractivity contribution in [3.05, 3.63) is 59.8 Å². The number of H-pyrrole nitrogens is 1. The van der Waals surface area contributed by atoms with Crippen molar-refractivity contribution in [2.75, 3.05) is 31.1 Å². The zero-order valence-electron chi connectivity index (χ0n) is 18.9. The Kier molecular flexibility index (Phi) is 5.08. The van der Waals surface area contributed by atoms with Crippen LogP contribution in [0.4, 0.5) is 10.2 Å². The van der Waals surface area contributed by atoms with Crippen molar-refractivity contribution >= 4 is 33.5 Å². The Morgan fingerprint density at radius 3 is 2.58 bits per heavy atom. The number of rotatable bonds is 3. The average Bonchev–Trinajstić information content (AvgIpc) is 3.28. The molecule has 33 heavy (non-hydrogen) atoms. The van der Waals surface area contributed by atoms with E-state index in [0.717, 1.165) is 33.2 Å². The topological polar surface area (TPSA) is 78.0 Å². The molecule has 1 aliphatic rings. The van der Waals surface area contributed by atoms with E-state index in [9.17, 15) is 4.79 Å². The molecule has 1 fully saturated rings. The summed E-state index contributed by atoms with van der Waals surface area (Å²) in [5, 5.41) is 8.84. The van der Waals surface area contributed by atoms with Gasteiger partial charge in [0.1, 0.15) is 17.7 Å². The first-order valence-corrected chi connectivity index (χ1v) is 10.9. The number of hydrogen-bond acceptors (Lipinski definition) is 5. The number of aromatic nitrogens is 4. The highest BCUT2D eigenvalue weighted by molar-refractivity contribution is 6.01. The minimum atomic E-state index is -0.362. The molecule has 2 aromatic heterocycles. The van der Waals surface area contributed by atoms with E-state index in [-0.39, 0.29) is 11.7 Å². The zero-order chi connectivity index (χ0) is 23.3. The molecular weight excluding hydrogens is 419 g/mol. The first-order chi connectivity index (χ1) is 15.9. The molecular formula is C25H25FN6O. The molecule has 1 N–H and O–H groups in total. The lowest BCUT2D eigenvalue weighted by Crippen LogP contribution is -2.48. The third-order valence-corrected chi connectivity index (χ3v) is 6.62. The Balaban J connectivity index is 1.64. The lowest BCUT2D eigenvalue weighted by atomic mass is 9.90. The number of carbonyl (C=O) groups is 1. The summed E-state index contributed by atoms with van der Waals surface area (Å²) in [5.41, 5.74) is 5.34. The highest BCUT2D eigenvalue weighted by Gasteiger charge is 2.25. The van der Waals surface area contributed by atoms with Gasteiger partial charge < -0.3 is 9.80 Å². The van der Waals surface area contributed by atoms with Crippen LogP contribution >= 0.6 is 0 Å². The molecule has 0 saturated carbocycles. The standard InChI is InChI=1S/C25H25FN6O/c1-5-19(33)31-6-8-32(9-7-31)25-18-11-15(3)20(22(26)24(18)27-13-28-25)21-16(4)14(2)10-17-12-29-30-23(17)21/h5,10-13H,1,6-9H2,2-4H3,(H,29,30). The lowest BCUT2D eigenvalue weighted by Gasteiger charge is -2.35. The number of aromatic amines is 1. The zero-order valence-corrected chi connectivity index (χ0v) is 18.9. The van der Waals surface area contributed by atoms with Gasteiger partial charge in [-0.15, -0.1) is 0 Å². The van der Waals surface area contributed by atoms with Gasteiger partial charge in [0, 0.05) is 48.1 Å². The van der Waals surface area contributed by atoms with E-state index in [0.29, 0.717) is 48.5 Å². The van der Waals surface area contributed by atoms with Gasteiger partial charge in [0.15, 0.2) is 5.82 Å². The number of anilines is 1. The van der Waals surface area contributed by atoms with Crippen LogP contribution in [0.15, 0.2) is 37.3 Å². The van der Waals surface area contributed by atoms with Gasteiger partial charge in [0.25, 0.3) is 0 Å². The maximum Gasteiger partial charge on any atom is 0.246 e. The number of hydrogen-bond donors (Lipinski definition) is 1. The van der Waals surface area contributed by atoms with Crippen molar-refractivity contribution in [2.45, 2.75) is 20.8 Å². The third-order valence-electron chi connectivity index (χ3n) is 6.62. The van der Waals surface area contributed by atoms with Crippen LogP contribution < -0.4 is 4.90 Å². The van der Waals surface area contributed by atoms with Gasteiger partial charge in [-0.05, 0) is 55.7 Å². The number of nitrogens with zero attached hydrogens (tertiary/aromatic N) is 5. The van der Waals surface area contributed by atoms with Gasteiger partial charge in [-0.25, -0.2) is 14.4 Å². The van der Waals surface area contributed by atoms with Gasteiger partial charge in [0.2, 0.25) is 5.91 Å². The Labute approximate surface area is 190 Å². The number of amides is 1. The fourth-order valence-electron chi connectivity index (χ4n) is 4.74. The molecule has 4 aromatic rings. The quantitative estimate of drug-likeness (QED) is 0.482. The predicted octanol–water partition coefficient (Wildman–Crippen LogP) is 4.07. The second kappa shape index (κ2) is 7.95. The molecule has 5 rings (SSSR count). The van der Waals surface area contributed by atoms with Gasteiger partial charge in [-0.2, -0.15) is 5.10 Å². The fourth-order valence-corrected chi connectivity index (χ4v) is 4.74. The van der Waals surface area contributed by atoms with Crippen molar-refractivity contribution in [1.29, 1.82) is 0 Å². The Bertz CT molecular complexity index is 1420. The molecule has 0 radical (unpaired) electrons. The summed E-state index contributed by atoms with van der Waals surface area (Å²) in [6, 6.07) is 4.03. The molecule has 7 nitrogen and oxygen atoms in total. The van der Waals surface area contributed by atoms with Crippen molar-refractivity contribution < 1.29 is 9.18 Å². The van der Waals surface area contributed by atoms with Crippen LogP contribution in [0.5, 0.6) is 0 Å². The molecule has 2 aromatic carbocycles. The second-order valence-corrected chi connectivity index (χ2v) is 8.52. The smallest absolute Gasteiger partial charge is 0.246 e. The third kappa shape index (κ3) is 3.33. The molecule has 168 valence electrons. The van der Waals surface area contributed by atoms with Crippen LogP contribution in [0, 0.1) is 26.6 Å². The Hall–Kier alpha value is -3.81. The summed E-state index contributed by atoms with van der Waals surface area (Å²) in [6.45, 7) is 11.9. The van der Waals surface area contributed by atoms with E-state index in [1.807, 2.05) is 26.8 Å². The second-order valence-electron chi connectivity index (χ2n) is 8.52. The number of nitrogens with one attached hydrogen (secondary N) is 1. The Morgan fingerprint density at radius 2 is 1.85 bits per heavy atom. The average molecular weight is 445 g/mol. The molecule has 1 aliphatic heterocycles. The minimum absolute atomic E-state index is 0.0765. The summed E-state index contributed by atoms with van der Waals surface area (Å²) >= 11 is 0. The molecule has 0 aliphatic carbocycles. The van der Waals surface area contributed by atoms with E-state index >= 15 is 4.39 Å². The highest BCUT2D eigenvalue weighted by atomic mass is 19.1. The monoisotopic (exact) mass is 444 g/mol. The first-order valence-electron chi connectivity index (χ1n) is 10.9. The summed E-state index contributed by atoms with van der Waals surface area (Å²) in [7, 11) is 0. The van der Waals surface area contributed by atoms with Crippen LogP contribution in [0.2, 0.25) is 0 Å². The largest absolute Gasteiger partial charge is 0.352 e. The molecule has 0 spiro atoms. The molecule has 8 heteroatoms. The lowest BCUT2D eigenvalue weighted by molar-refractivity contribution is -0.126. The van der Waals surface area contributed by atoms with E-state index in [4.69, 9.17) is 0 Å². The van der Waals surface area contributed by atoms with Crippen LogP contribution in [-0.2, 0) is 4.79 Å². The summed E-state index contributed by atoms with van der Waals surface area (Å²) in [6.07, 6.45) is 4.51. The van der Waals surface area contributed by atoms with Gasteiger partial charge in [-0.1, -0.05) is 6.58 Å². The molecule has 1 amide bonds. The van der Waals surface area contributed by atoms with Crippen LogP contribution in [-0.4, -0.2) is 57.2 Å². The van der Waals surface area contributed by atoms with E-state index in [1.165, 1.54) is 12.4 Å². The van der Waals surface area contributed by atoms with E-state index < -0.39 is 0 Å². The molecule has 0 atom stereocenters. The number of halogens is 1. The van der Waals surface area contributed by atoms with Gasteiger partial charge in [0.05, 0.1) is 11.7 Å². The maximum atomic E-state index is 16.1. The number of aryl methyl sites for hydroxylation is 2. The van der Waals surface area contributed by atoms with Crippen molar-refractivity contribution in [1.82, 2.24) is 25.1 Å². The number of benzene rings is 2. The fraction of sp³-hybridized carbons (Fsp3) is 0.280. The normalized spacial score (nSPS) is 14.3. The molecule has 0 unspecified atom stereocenters. The van der Waals surface area contributed by atoms with Gasteiger partial charge in [-0.3, -0.25) is 9.89 Å². The van der Waals surface area contributed by atoms with Crippen molar-refractivity contribution in [3.8, 4) is 11.1 Å². The minimum Gasteiger partial charge on any atom is -0.352 e. The van der Waals surface area contributed by atoms with E-state index in [2.05, 4.69) is 37.7 Å². The summed E-state index contributed by atoms with van der Waals surface area (Å²) in [4.78, 5) is 24.6. The van der Waals surface area contributed by atoms with E-state index in [1.54, 1.807) is 11.1 Å². The van der Waals surface area contributed by atoms with Crippen LogP contribution in [0.1, 0.15) is 16.7 Å². The number of carbonyl (C=O) groups excluding carboxylic acids is 1. The van der Waals surface area contributed by atoms with Crippen LogP contribution in [0.3, 0.4) is 0 Å². The first kappa shape index (κ1) is 21.1. The number of piperazine rings is 1. The van der Waals surface area contributed by atoms with Crippen molar-refractivity contribution in [2.24, 2.45) is 0 Å². The molecule has 3 heterocycles. The van der Waals surface area contributed by atoms with Crippen molar-refractivity contribution in [3.63, 3.8) is 0 Å². The molecule has 0 bridgehead atoms. The molecule has 1 saturated heterocycles. The summed E-state index contributed by atoms with van der Waals surface area (Å²) in [5.74, 6) is 0.248. The van der Waals surface area contributed by atoms with Crippen LogP contribution in [0.25, 0.3) is 32.9 Å². The number of fused-ring (bicyclic) bond motifs is 2. The summed E-state index contributed by atoms with van der Waals surface area (Å²) < 4.78 is 16.1.